The maximum atomic E-state index is 12.2. The van der Waals surface area contributed by atoms with Gasteiger partial charge in [-0.05, 0) is 29.3 Å². The number of benzene rings is 2. The first-order valence-corrected chi connectivity index (χ1v) is 9.16. The molecule has 2 rings (SSSR count). The summed E-state index contributed by atoms with van der Waals surface area (Å²) in [6, 6.07) is 13.5. The molecule has 2 N–H and O–H groups in total. The van der Waals surface area contributed by atoms with E-state index in [-0.39, 0.29) is 30.2 Å². The van der Waals surface area contributed by atoms with Crippen LogP contribution in [-0.4, -0.2) is 67.3 Å². The number of hydrogen-bond acceptors (Lipinski definition) is 4. The van der Waals surface area contributed by atoms with Crippen LogP contribution in [-0.2, 0) is 27.2 Å². The van der Waals surface area contributed by atoms with E-state index >= 15 is 0 Å². The smallest absolute Gasteiger partial charge is 0.335 e. The van der Waals surface area contributed by atoms with Gasteiger partial charge in [-0.1, -0.05) is 30.3 Å². The summed E-state index contributed by atoms with van der Waals surface area (Å²) in [4.78, 5) is 47.6. The maximum Gasteiger partial charge on any atom is 0.335 e. The van der Waals surface area contributed by atoms with Gasteiger partial charge in [-0.2, -0.15) is 0 Å². The predicted octanol–water partition coefficient (Wildman–Crippen LogP) is 1.90. The summed E-state index contributed by atoms with van der Waals surface area (Å²) in [5.41, 5.74) is 1.93. The first kappa shape index (κ1) is 24.4. The molecule has 2 aromatic rings. The second-order valence-corrected chi connectivity index (χ2v) is 6.92. The number of carboxylic acid groups (broad SMARTS) is 1. The third kappa shape index (κ3) is 8.55. The van der Waals surface area contributed by atoms with Gasteiger partial charge in [0, 0.05) is 33.9 Å². The summed E-state index contributed by atoms with van der Waals surface area (Å²) in [6.45, 7) is 0. The molecule has 30 heavy (non-hydrogen) atoms. The molecule has 0 aromatic heterocycles. The van der Waals surface area contributed by atoms with Crippen LogP contribution in [0, 0.1) is 0 Å². The van der Waals surface area contributed by atoms with Crippen molar-refractivity contribution in [1.82, 2.24) is 9.80 Å². The van der Waals surface area contributed by atoms with E-state index in [1.54, 1.807) is 64.6 Å². The highest BCUT2D eigenvalue weighted by Gasteiger charge is 2.13. The van der Waals surface area contributed by atoms with Crippen molar-refractivity contribution in [3.8, 4) is 0 Å². The van der Waals surface area contributed by atoms with Gasteiger partial charge in [-0.3, -0.25) is 14.4 Å². The number of carbonyl (C=O) groups is 4. The fourth-order valence-electron chi connectivity index (χ4n) is 2.35. The number of nitrogens with zero attached hydrogens (tertiary/aromatic N) is 2. The predicted molar refractivity (Wildman–Crippen MR) is 114 cm³/mol. The van der Waals surface area contributed by atoms with Crippen molar-refractivity contribution in [1.29, 1.82) is 0 Å². The molecule has 160 valence electrons. The zero-order chi connectivity index (χ0) is 22.7. The topological polar surface area (TPSA) is 107 Å². The molecule has 8 heteroatoms. The van der Waals surface area contributed by atoms with Crippen LogP contribution in [0.4, 0.5) is 5.69 Å². The Hall–Kier alpha value is -3.68. The van der Waals surface area contributed by atoms with E-state index in [1.165, 1.54) is 15.9 Å². The van der Waals surface area contributed by atoms with Crippen LogP contribution in [0.2, 0.25) is 0 Å². The van der Waals surface area contributed by atoms with Gasteiger partial charge in [-0.15, -0.1) is 0 Å². The Bertz CT molecular complexity index is 894. The van der Waals surface area contributed by atoms with Crippen LogP contribution in [0.1, 0.15) is 21.5 Å². The van der Waals surface area contributed by atoms with Gasteiger partial charge in [0.2, 0.25) is 18.2 Å². The molecule has 0 aliphatic rings. The molecule has 0 aliphatic heterocycles. The molecular formula is C22H27N3O5. The molecule has 0 fully saturated rings. The monoisotopic (exact) mass is 413 g/mol. The number of anilines is 1. The SMILES string of the molecule is CN(C)C(=O)Cc1cccc(NC(=O)Cc2ccccc2C(=O)O)c1.CN(C)C=O. The molecule has 0 bridgehead atoms. The van der Waals surface area contributed by atoms with Crippen LogP contribution in [0.15, 0.2) is 48.5 Å². The average molecular weight is 413 g/mol. The Labute approximate surface area is 176 Å². The molecule has 0 spiro atoms. The molecule has 0 unspecified atom stereocenters. The van der Waals surface area contributed by atoms with E-state index < -0.39 is 5.97 Å². The third-order valence-electron chi connectivity index (χ3n) is 3.87. The molecule has 3 amide bonds. The molecular weight excluding hydrogens is 386 g/mol. The molecule has 8 nitrogen and oxygen atoms in total. The second-order valence-electron chi connectivity index (χ2n) is 6.92. The van der Waals surface area contributed by atoms with Gasteiger partial charge in [0.25, 0.3) is 0 Å². The minimum atomic E-state index is -1.06. The maximum absolute atomic E-state index is 12.2. The van der Waals surface area contributed by atoms with Gasteiger partial charge in [0.15, 0.2) is 0 Å². The molecule has 2 aromatic carbocycles. The molecule has 0 radical (unpaired) electrons. The Morgan fingerprint density at radius 2 is 1.60 bits per heavy atom. The lowest BCUT2D eigenvalue weighted by atomic mass is 10.0. The van der Waals surface area contributed by atoms with Crippen LogP contribution in [0.3, 0.4) is 0 Å². The number of nitrogens with one attached hydrogen (secondary N) is 1. The van der Waals surface area contributed by atoms with Crippen molar-refractivity contribution in [2.45, 2.75) is 12.8 Å². The number of hydrogen-bond donors (Lipinski definition) is 2. The van der Waals surface area contributed by atoms with E-state index in [0.717, 1.165) is 12.0 Å². The summed E-state index contributed by atoms with van der Waals surface area (Å²) in [5.74, 6) is -1.41. The van der Waals surface area contributed by atoms with E-state index in [0.29, 0.717) is 11.3 Å². The highest BCUT2D eigenvalue weighted by Crippen LogP contribution is 2.14. The van der Waals surface area contributed by atoms with E-state index in [2.05, 4.69) is 5.32 Å². The molecule has 0 saturated heterocycles. The lowest BCUT2D eigenvalue weighted by molar-refractivity contribution is -0.128. The molecule has 0 aliphatic carbocycles. The minimum Gasteiger partial charge on any atom is -0.478 e. The number of aromatic carboxylic acids is 1. The highest BCUT2D eigenvalue weighted by molar-refractivity contribution is 5.96. The van der Waals surface area contributed by atoms with Gasteiger partial charge in [-0.25, -0.2) is 4.79 Å². The van der Waals surface area contributed by atoms with Crippen LogP contribution >= 0.6 is 0 Å². The van der Waals surface area contributed by atoms with E-state index in [9.17, 15) is 19.2 Å². The summed E-state index contributed by atoms with van der Waals surface area (Å²) in [5, 5.41) is 11.9. The number of likely N-dealkylation sites (N-methyl/N-ethyl adjacent to an activating group) is 1. The van der Waals surface area contributed by atoms with Crippen LogP contribution in [0.25, 0.3) is 0 Å². The van der Waals surface area contributed by atoms with Crippen molar-refractivity contribution >= 4 is 29.9 Å². The van der Waals surface area contributed by atoms with Crippen molar-refractivity contribution in [2.24, 2.45) is 0 Å². The first-order valence-electron chi connectivity index (χ1n) is 9.16. The largest absolute Gasteiger partial charge is 0.478 e. The summed E-state index contributed by atoms with van der Waals surface area (Å²) in [6.07, 6.45) is 0.960. The fraction of sp³-hybridized carbons (Fsp3) is 0.273. The molecule has 0 saturated carbocycles. The van der Waals surface area contributed by atoms with Gasteiger partial charge in [0.1, 0.15) is 0 Å². The van der Waals surface area contributed by atoms with Gasteiger partial charge < -0.3 is 20.2 Å². The number of rotatable bonds is 7. The average Bonchev–Trinajstić information content (AvgIpc) is 2.68. The van der Waals surface area contributed by atoms with Crippen LogP contribution in [0.5, 0.6) is 0 Å². The summed E-state index contributed by atoms with van der Waals surface area (Å²) in [7, 11) is 6.75. The standard InChI is InChI=1S/C19H20N2O4.C3H7NO/c1-21(2)18(23)11-13-6-5-8-15(10-13)20-17(22)12-14-7-3-4-9-16(14)19(24)25;1-4(2)3-5/h3-10H,11-12H2,1-2H3,(H,20,22)(H,24,25);3H,1-2H3. The molecule has 0 heterocycles. The summed E-state index contributed by atoms with van der Waals surface area (Å²) < 4.78 is 0. The highest BCUT2D eigenvalue weighted by atomic mass is 16.4. The summed E-state index contributed by atoms with van der Waals surface area (Å²) >= 11 is 0. The Balaban J connectivity index is 0.000000804. The van der Waals surface area contributed by atoms with E-state index in [4.69, 9.17) is 5.11 Å². The van der Waals surface area contributed by atoms with Crippen molar-refractivity contribution in [3.05, 3.63) is 65.2 Å². The Kier molecular flexibility index (Phi) is 9.75. The Morgan fingerprint density at radius 3 is 2.17 bits per heavy atom. The van der Waals surface area contributed by atoms with E-state index in [1.807, 2.05) is 6.07 Å². The first-order chi connectivity index (χ1) is 14.1. The van der Waals surface area contributed by atoms with Crippen molar-refractivity contribution in [3.63, 3.8) is 0 Å². The zero-order valence-electron chi connectivity index (χ0n) is 17.6. The fourth-order valence-corrected chi connectivity index (χ4v) is 2.35. The lowest BCUT2D eigenvalue weighted by Crippen LogP contribution is -2.23. The van der Waals surface area contributed by atoms with Crippen LogP contribution < -0.4 is 5.32 Å². The van der Waals surface area contributed by atoms with Gasteiger partial charge >= 0.3 is 5.97 Å². The quantitative estimate of drug-likeness (QED) is 0.674. The van der Waals surface area contributed by atoms with Gasteiger partial charge in [0.05, 0.1) is 18.4 Å². The minimum absolute atomic E-state index is 0.0288. The van der Waals surface area contributed by atoms with Crippen molar-refractivity contribution in [2.75, 3.05) is 33.5 Å². The Morgan fingerprint density at radius 1 is 0.967 bits per heavy atom. The zero-order valence-corrected chi connectivity index (χ0v) is 17.6. The number of carboxylic acids is 1. The number of amides is 3. The third-order valence-corrected chi connectivity index (χ3v) is 3.87. The second kappa shape index (κ2) is 12.0. The lowest BCUT2D eigenvalue weighted by Gasteiger charge is -2.11. The molecule has 0 atom stereocenters. The normalized spacial score (nSPS) is 9.60. The van der Waals surface area contributed by atoms with Crippen molar-refractivity contribution < 1.29 is 24.3 Å². The number of carbonyl (C=O) groups excluding carboxylic acids is 3.